The Hall–Kier alpha value is -4.79. The molecule has 14 heteroatoms. The predicted octanol–water partition coefficient (Wildman–Crippen LogP) is 1.59. The molecule has 0 aliphatic carbocycles. The number of phenols is 4. The number of para-hydroxylation sites is 4. The van der Waals surface area contributed by atoms with E-state index in [0.29, 0.717) is 0 Å². The molecule has 0 fully saturated rings. The number of unbranched alkanes of at least 4 members (excludes halogenated alkanes) is 3. The summed E-state index contributed by atoms with van der Waals surface area (Å²) < 4.78 is 12.8. The molecule has 13 nitrogen and oxygen atoms in total. The van der Waals surface area contributed by atoms with Crippen LogP contribution in [0.5, 0.6) is 23.0 Å². The van der Waals surface area contributed by atoms with Crippen molar-refractivity contribution >= 4 is 7.32 Å². The van der Waals surface area contributed by atoms with E-state index in [2.05, 4.69) is 104 Å². The van der Waals surface area contributed by atoms with Gasteiger partial charge in [-0.1, -0.05) is 64.3 Å². The van der Waals surface area contributed by atoms with Gasteiger partial charge in [0.25, 0.3) is 0 Å². The fourth-order valence-corrected chi connectivity index (χ4v) is 3.85. The van der Waals surface area contributed by atoms with Crippen molar-refractivity contribution < 1.29 is 49.2 Å². The highest BCUT2D eigenvalue weighted by atomic mass is 16.5. The fourth-order valence-electron chi connectivity index (χ4n) is 3.85. The van der Waals surface area contributed by atoms with Crippen molar-refractivity contribution in [3.8, 4) is 23.0 Å². The van der Waals surface area contributed by atoms with Crippen LogP contribution in [0.15, 0.2) is 105 Å². The highest BCUT2D eigenvalue weighted by Gasteiger charge is 1.98. The van der Waals surface area contributed by atoms with E-state index < -0.39 is 7.32 Å². The molecular formula is C36H57BN6O7. The number of aromatic hydroxyl groups is 4. The molecule has 0 radical (unpaired) electrons. The van der Waals surface area contributed by atoms with Crippen LogP contribution in [0.25, 0.3) is 0 Å². The Kier molecular flexibility index (Phi) is 25.4. The van der Waals surface area contributed by atoms with Crippen molar-refractivity contribution in [2.24, 2.45) is 21.1 Å². The molecule has 0 bridgehead atoms. The Balaban J connectivity index is 0.000000586. The Labute approximate surface area is 297 Å². The van der Waals surface area contributed by atoms with Crippen LogP contribution in [0.2, 0.25) is 0 Å². The van der Waals surface area contributed by atoms with Crippen LogP contribution >= 0.6 is 0 Å². The Bertz CT molecular complexity index is 1330. The lowest BCUT2D eigenvalue weighted by molar-refractivity contribution is -0.671. The summed E-state index contributed by atoms with van der Waals surface area (Å²) in [6, 6.07) is 12.3. The van der Waals surface area contributed by atoms with E-state index in [1.54, 1.807) is 24.3 Å². The number of nitrogens with zero attached hydrogens (tertiary/aromatic N) is 6. The van der Waals surface area contributed by atoms with E-state index in [1.807, 2.05) is 21.1 Å². The smallest absolute Gasteiger partial charge is 0.243 e. The lowest BCUT2D eigenvalue weighted by atomic mass is 10.3. The monoisotopic (exact) mass is 696 g/mol. The first kappa shape index (κ1) is 45.2. The molecule has 0 aliphatic rings. The first-order chi connectivity index (χ1) is 23.8. The van der Waals surface area contributed by atoms with Gasteiger partial charge < -0.3 is 35.5 Å². The third kappa shape index (κ3) is 24.4. The second kappa shape index (κ2) is 28.1. The van der Waals surface area contributed by atoms with Gasteiger partial charge >= 0.3 is 0 Å². The van der Waals surface area contributed by atoms with E-state index in [4.69, 9.17) is 35.5 Å². The molecule has 2 aromatic carbocycles. The summed E-state index contributed by atoms with van der Waals surface area (Å²) in [5.41, 5.74) is 0. The number of aromatic nitrogens is 6. The van der Waals surface area contributed by atoms with Crippen LogP contribution in [0.3, 0.4) is 0 Å². The molecule has 3 heterocycles. The SMILES string of the molecule is CCCCn1cc[n+](C)c1.CCCCn1cc[n+](C)c1.CCCCn1cc[n+](C)c1.Oc1ccccc1O.Oc1ccccc1O.[O-]B([O-])[O-]. The van der Waals surface area contributed by atoms with Crippen molar-refractivity contribution in [1.82, 2.24) is 13.7 Å². The Morgan fingerprint density at radius 2 is 0.720 bits per heavy atom. The third-order valence-corrected chi connectivity index (χ3v) is 6.54. The quantitative estimate of drug-likeness (QED) is 0.103. The minimum Gasteiger partial charge on any atom is -0.907 e. The molecule has 0 spiro atoms. The maximum atomic E-state index is 8.67. The lowest BCUT2D eigenvalue weighted by Gasteiger charge is -2.35. The average Bonchev–Trinajstić information content (AvgIpc) is 3.82. The van der Waals surface area contributed by atoms with E-state index in [1.165, 1.54) is 62.8 Å². The first-order valence-corrected chi connectivity index (χ1v) is 16.8. The van der Waals surface area contributed by atoms with Gasteiger partial charge in [0.05, 0.1) is 40.8 Å². The maximum absolute atomic E-state index is 8.67. The molecule has 0 aliphatic heterocycles. The van der Waals surface area contributed by atoms with Crippen molar-refractivity contribution in [2.45, 2.75) is 78.9 Å². The van der Waals surface area contributed by atoms with Gasteiger partial charge in [-0.3, -0.25) is 7.32 Å². The molecular weight excluding hydrogens is 639 g/mol. The molecule has 5 rings (SSSR count). The molecule has 0 unspecified atom stereocenters. The van der Waals surface area contributed by atoms with Gasteiger partial charge in [0.2, 0.25) is 19.0 Å². The largest absolute Gasteiger partial charge is 0.907 e. The maximum Gasteiger partial charge on any atom is 0.243 e. The minimum absolute atomic E-state index is 0.0764. The number of hydrogen-bond acceptors (Lipinski definition) is 7. The highest BCUT2D eigenvalue weighted by Crippen LogP contribution is 2.22. The summed E-state index contributed by atoms with van der Waals surface area (Å²) in [6.45, 7) is 10.1. The van der Waals surface area contributed by atoms with Crippen LogP contribution in [-0.2, 0) is 40.8 Å². The lowest BCUT2D eigenvalue weighted by Crippen LogP contribution is -2.56. The van der Waals surface area contributed by atoms with Crippen molar-refractivity contribution in [2.75, 3.05) is 0 Å². The average molecular weight is 697 g/mol. The summed E-state index contributed by atoms with van der Waals surface area (Å²) >= 11 is 0. The normalized spacial score (nSPS) is 9.54. The fraction of sp³-hybridized carbons (Fsp3) is 0.417. The van der Waals surface area contributed by atoms with Crippen LogP contribution < -0.4 is 28.8 Å². The number of rotatable bonds is 9. The minimum atomic E-state index is -2.92. The zero-order valence-electron chi connectivity index (χ0n) is 30.5. The Morgan fingerprint density at radius 3 is 0.860 bits per heavy atom. The number of hydrogen-bond donors (Lipinski definition) is 4. The van der Waals surface area contributed by atoms with Crippen LogP contribution in [-0.4, -0.2) is 41.4 Å². The van der Waals surface area contributed by atoms with Crippen molar-refractivity contribution in [3.05, 3.63) is 105 Å². The molecule has 3 aromatic heterocycles. The van der Waals surface area contributed by atoms with Crippen molar-refractivity contribution in [3.63, 3.8) is 0 Å². The van der Waals surface area contributed by atoms with Gasteiger partial charge in [-0.25, -0.2) is 27.4 Å². The van der Waals surface area contributed by atoms with Gasteiger partial charge in [-0.2, -0.15) is 0 Å². The van der Waals surface area contributed by atoms with Crippen molar-refractivity contribution in [1.29, 1.82) is 0 Å². The predicted molar refractivity (Wildman–Crippen MR) is 187 cm³/mol. The topological polar surface area (TPSA) is 177 Å². The van der Waals surface area contributed by atoms with E-state index in [0.717, 1.165) is 19.6 Å². The second-order valence-electron chi connectivity index (χ2n) is 11.3. The molecule has 5 aromatic rings. The van der Waals surface area contributed by atoms with E-state index in [-0.39, 0.29) is 23.0 Å². The van der Waals surface area contributed by atoms with Gasteiger partial charge in [0, 0.05) is 0 Å². The molecule has 0 saturated carbocycles. The van der Waals surface area contributed by atoms with Gasteiger partial charge in [-0.05, 0) is 43.5 Å². The zero-order chi connectivity index (χ0) is 37.7. The van der Waals surface area contributed by atoms with E-state index in [9.17, 15) is 0 Å². The van der Waals surface area contributed by atoms with Crippen LogP contribution in [0, 0.1) is 0 Å². The number of benzene rings is 2. The first-order valence-electron chi connectivity index (χ1n) is 16.8. The standard InChI is InChI=1S/3C8H15N2.2C6H6O2.BO3/c3*1-3-4-5-10-7-6-9(2)8-10;2*7-5-3-1-2-4-6(5)8;2-1(3)4/h3*6-8H,3-5H2,1-2H3;2*1-4,7-8H;/q3*+1;;;-3. The zero-order valence-corrected chi connectivity index (χ0v) is 30.5. The molecule has 276 valence electrons. The molecule has 0 amide bonds. The van der Waals surface area contributed by atoms with Crippen LogP contribution in [0.1, 0.15) is 59.3 Å². The highest BCUT2D eigenvalue weighted by molar-refractivity contribution is 6.24. The molecule has 50 heavy (non-hydrogen) atoms. The third-order valence-electron chi connectivity index (χ3n) is 6.54. The van der Waals surface area contributed by atoms with Gasteiger partial charge in [0.1, 0.15) is 37.2 Å². The second-order valence-corrected chi connectivity index (χ2v) is 11.3. The molecule has 0 saturated heterocycles. The number of phenolic OH excluding ortho intramolecular Hbond substituents is 4. The Morgan fingerprint density at radius 1 is 0.500 bits per heavy atom. The number of aryl methyl sites for hydroxylation is 6. The number of imidazole rings is 3. The van der Waals surface area contributed by atoms with E-state index >= 15 is 0 Å². The summed E-state index contributed by atoms with van der Waals surface area (Å²) in [4.78, 5) is 0. The van der Waals surface area contributed by atoms with Crippen LogP contribution in [0.4, 0.5) is 0 Å². The summed E-state index contributed by atoms with van der Waals surface area (Å²) in [6.07, 6.45) is 26.5. The summed E-state index contributed by atoms with van der Waals surface area (Å²) in [7, 11) is 3.22. The van der Waals surface area contributed by atoms with Gasteiger partial charge in [0.15, 0.2) is 23.0 Å². The van der Waals surface area contributed by atoms with Gasteiger partial charge in [-0.15, -0.1) is 0 Å². The molecule has 0 atom stereocenters. The molecule has 4 N–H and O–H groups in total. The summed E-state index contributed by atoms with van der Waals surface area (Å²) in [5.74, 6) is -0.306. The summed E-state index contributed by atoms with van der Waals surface area (Å²) in [5, 5.41) is 59.9.